The van der Waals surface area contributed by atoms with E-state index in [2.05, 4.69) is 15.1 Å². The number of morpholine rings is 1. The molecule has 0 saturated carbocycles. The molecule has 6 nitrogen and oxygen atoms in total. The molecular weight excluding hydrogens is 254 g/mol. The maximum Gasteiger partial charge on any atom is 0.294 e. The Morgan fingerprint density at radius 2 is 2.39 bits per heavy atom. The van der Waals surface area contributed by atoms with Crippen molar-refractivity contribution in [2.75, 3.05) is 40.0 Å². The van der Waals surface area contributed by atoms with E-state index >= 15 is 0 Å². The van der Waals surface area contributed by atoms with Crippen LogP contribution in [0.25, 0.3) is 0 Å². The van der Waals surface area contributed by atoms with Crippen molar-refractivity contribution in [3.05, 3.63) is 5.01 Å². The molecule has 0 aromatic carbocycles. The Morgan fingerprint density at radius 3 is 3.17 bits per heavy atom. The molecule has 1 aliphatic rings. The molecule has 1 atom stereocenters. The van der Waals surface area contributed by atoms with Crippen LogP contribution in [0.5, 0.6) is 5.19 Å². The van der Waals surface area contributed by atoms with Crippen LogP contribution >= 0.6 is 11.3 Å². The number of hydrogen-bond acceptors (Lipinski definition) is 7. The van der Waals surface area contributed by atoms with Gasteiger partial charge in [0, 0.05) is 20.2 Å². The summed E-state index contributed by atoms with van der Waals surface area (Å²) >= 11 is 1.51. The average molecular weight is 273 g/mol. The van der Waals surface area contributed by atoms with Crippen LogP contribution in [0.3, 0.4) is 0 Å². The van der Waals surface area contributed by atoms with Gasteiger partial charge in [-0.3, -0.25) is 4.90 Å². The average Bonchev–Trinajstić information content (AvgIpc) is 2.78. The van der Waals surface area contributed by atoms with Crippen molar-refractivity contribution in [2.24, 2.45) is 0 Å². The fourth-order valence-corrected chi connectivity index (χ4v) is 2.67. The molecular formula is C11H19N3O3S. The van der Waals surface area contributed by atoms with Crippen molar-refractivity contribution in [2.45, 2.75) is 19.6 Å². The SMILES string of the molecule is CCOc1nnc(CN2CCO[C@@H](COC)C2)s1. The van der Waals surface area contributed by atoms with Gasteiger partial charge < -0.3 is 14.2 Å². The van der Waals surface area contributed by atoms with Gasteiger partial charge in [0.05, 0.1) is 32.5 Å². The third-order valence-corrected chi connectivity index (χ3v) is 3.47. The molecule has 2 rings (SSSR count). The number of rotatable bonds is 6. The number of hydrogen-bond donors (Lipinski definition) is 0. The summed E-state index contributed by atoms with van der Waals surface area (Å²) in [6.45, 7) is 6.54. The minimum atomic E-state index is 0.156. The van der Waals surface area contributed by atoms with Gasteiger partial charge in [0.25, 0.3) is 5.19 Å². The molecule has 0 spiro atoms. The zero-order valence-corrected chi connectivity index (χ0v) is 11.6. The summed E-state index contributed by atoms with van der Waals surface area (Å²) in [5, 5.41) is 9.75. The molecule has 7 heteroatoms. The van der Waals surface area contributed by atoms with Crippen LogP contribution in [0.1, 0.15) is 11.9 Å². The standard InChI is InChI=1S/C11H19N3O3S/c1-3-16-11-13-12-10(18-11)7-14-4-5-17-9(6-14)8-15-2/h9H,3-8H2,1-2H3/t9-/m1/s1. The van der Waals surface area contributed by atoms with Crippen molar-refractivity contribution in [1.29, 1.82) is 0 Å². The first-order valence-electron chi connectivity index (χ1n) is 6.10. The Hall–Kier alpha value is -0.760. The second kappa shape index (κ2) is 6.98. The van der Waals surface area contributed by atoms with Gasteiger partial charge in [-0.25, -0.2) is 0 Å². The lowest BCUT2D eigenvalue weighted by Crippen LogP contribution is -2.43. The number of ether oxygens (including phenoxy) is 3. The van der Waals surface area contributed by atoms with Gasteiger partial charge in [-0.15, -0.1) is 10.2 Å². The number of nitrogens with zero attached hydrogens (tertiary/aromatic N) is 3. The van der Waals surface area contributed by atoms with E-state index < -0.39 is 0 Å². The first-order chi connectivity index (χ1) is 8.81. The van der Waals surface area contributed by atoms with Gasteiger partial charge in [0.2, 0.25) is 0 Å². The molecule has 0 amide bonds. The molecule has 0 N–H and O–H groups in total. The van der Waals surface area contributed by atoms with E-state index in [0.717, 1.165) is 31.2 Å². The number of aromatic nitrogens is 2. The van der Waals surface area contributed by atoms with Crippen LogP contribution < -0.4 is 4.74 Å². The quantitative estimate of drug-likeness (QED) is 0.763. The zero-order valence-electron chi connectivity index (χ0n) is 10.8. The summed E-state index contributed by atoms with van der Waals surface area (Å²) in [7, 11) is 1.70. The Kier molecular flexibility index (Phi) is 5.30. The maximum absolute atomic E-state index is 5.61. The van der Waals surface area contributed by atoms with E-state index in [4.69, 9.17) is 14.2 Å². The number of methoxy groups -OCH3 is 1. The lowest BCUT2D eigenvalue weighted by molar-refractivity contribution is -0.0631. The third kappa shape index (κ3) is 3.88. The summed E-state index contributed by atoms with van der Waals surface area (Å²) in [4.78, 5) is 2.31. The van der Waals surface area contributed by atoms with E-state index in [1.54, 1.807) is 7.11 Å². The second-order valence-corrected chi connectivity index (χ2v) is 5.10. The van der Waals surface area contributed by atoms with Gasteiger partial charge in [0.1, 0.15) is 5.01 Å². The van der Waals surface area contributed by atoms with Gasteiger partial charge in [-0.2, -0.15) is 0 Å². The highest BCUT2D eigenvalue weighted by Crippen LogP contribution is 2.20. The topological polar surface area (TPSA) is 56.7 Å². The van der Waals surface area contributed by atoms with Gasteiger partial charge in [-0.05, 0) is 6.92 Å². The van der Waals surface area contributed by atoms with Crippen LogP contribution in [0.15, 0.2) is 0 Å². The van der Waals surface area contributed by atoms with Crippen LogP contribution in [-0.4, -0.2) is 61.2 Å². The molecule has 2 heterocycles. The van der Waals surface area contributed by atoms with E-state index in [-0.39, 0.29) is 6.10 Å². The monoisotopic (exact) mass is 273 g/mol. The van der Waals surface area contributed by atoms with Crippen molar-refractivity contribution >= 4 is 11.3 Å². The minimum absolute atomic E-state index is 0.156. The summed E-state index contributed by atoms with van der Waals surface area (Å²) in [5.74, 6) is 0. The highest BCUT2D eigenvalue weighted by atomic mass is 32.1. The first kappa shape index (κ1) is 13.7. The van der Waals surface area contributed by atoms with E-state index in [9.17, 15) is 0 Å². The van der Waals surface area contributed by atoms with Crippen LogP contribution in [0.4, 0.5) is 0 Å². The van der Waals surface area contributed by atoms with Crippen molar-refractivity contribution in [1.82, 2.24) is 15.1 Å². The Labute approximate surface area is 111 Å². The maximum atomic E-state index is 5.61. The summed E-state index contributed by atoms with van der Waals surface area (Å²) in [6.07, 6.45) is 0.156. The van der Waals surface area contributed by atoms with Crippen LogP contribution in [-0.2, 0) is 16.0 Å². The molecule has 1 aliphatic heterocycles. The summed E-state index contributed by atoms with van der Waals surface area (Å²) in [5.41, 5.74) is 0. The minimum Gasteiger partial charge on any atom is -0.469 e. The first-order valence-corrected chi connectivity index (χ1v) is 6.91. The lowest BCUT2D eigenvalue weighted by atomic mass is 10.3. The van der Waals surface area contributed by atoms with Crippen molar-refractivity contribution in [3.63, 3.8) is 0 Å². The normalized spacial score (nSPS) is 21.1. The van der Waals surface area contributed by atoms with Gasteiger partial charge >= 0.3 is 0 Å². The molecule has 0 aliphatic carbocycles. The van der Waals surface area contributed by atoms with E-state index in [0.29, 0.717) is 18.4 Å². The Balaban J connectivity index is 1.84. The van der Waals surface area contributed by atoms with E-state index in [1.807, 2.05) is 6.92 Å². The molecule has 1 fully saturated rings. The summed E-state index contributed by atoms with van der Waals surface area (Å²) in [6, 6.07) is 0. The molecule has 0 bridgehead atoms. The molecule has 1 aromatic heterocycles. The van der Waals surface area contributed by atoms with Gasteiger partial charge in [0.15, 0.2) is 0 Å². The van der Waals surface area contributed by atoms with Crippen LogP contribution in [0.2, 0.25) is 0 Å². The second-order valence-electron chi connectivity index (χ2n) is 4.08. The fraction of sp³-hybridized carbons (Fsp3) is 0.818. The predicted molar refractivity (Wildman–Crippen MR) is 68.0 cm³/mol. The Bertz CT molecular complexity index is 359. The Morgan fingerprint density at radius 1 is 1.50 bits per heavy atom. The summed E-state index contributed by atoms with van der Waals surface area (Å²) < 4.78 is 16.0. The van der Waals surface area contributed by atoms with Crippen molar-refractivity contribution < 1.29 is 14.2 Å². The third-order valence-electron chi connectivity index (χ3n) is 2.65. The molecule has 1 aromatic rings. The smallest absolute Gasteiger partial charge is 0.294 e. The largest absolute Gasteiger partial charge is 0.469 e. The highest BCUT2D eigenvalue weighted by molar-refractivity contribution is 7.13. The molecule has 102 valence electrons. The predicted octanol–water partition coefficient (Wildman–Crippen LogP) is 0.784. The molecule has 0 unspecified atom stereocenters. The van der Waals surface area contributed by atoms with Gasteiger partial charge in [-0.1, -0.05) is 11.3 Å². The fourth-order valence-electron chi connectivity index (χ4n) is 1.89. The lowest BCUT2D eigenvalue weighted by Gasteiger charge is -2.31. The highest BCUT2D eigenvalue weighted by Gasteiger charge is 2.21. The molecule has 1 saturated heterocycles. The van der Waals surface area contributed by atoms with E-state index in [1.165, 1.54) is 11.3 Å². The molecule has 18 heavy (non-hydrogen) atoms. The van der Waals surface area contributed by atoms with Crippen molar-refractivity contribution in [3.8, 4) is 5.19 Å². The zero-order chi connectivity index (χ0) is 12.8. The van der Waals surface area contributed by atoms with Crippen LogP contribution in [0, 0.1) is 0 Å². The molecule has 0 radical (unpaired) electrons.